The summed E-state index contributed by atoms with van der Waals surface area (Å²) in [5.74, 6) is 0.0273. The largest absolute Gasteiger partial charge is 0.450 e. The molecule has 1 heterocycles. The first-order valence-electron chi connectivity index (χ1n) is 8.04. The van der Waals surface area contributed by atoms with Crippen molar-refractivity contribution in [3.05, 3.63) is 34.9 Å². The summed E-state index contributed by atoms with van der Waals surface area (Å²) < 4.78 is 4.98. The number of likely N-dealkylation sites (tertiary alicyclic amines) is 1. The topological polar surface area (TPSA) is 58.6 Å². The molecular formula is C17H23ClN2O3. The van der Waals surface area contributed by atoms with Crippen molar-refractivity contribution in [3.63, 3.8) is 0 Å². The molecule has 0 atom stereocenters. The highest BCUT2D eigenvalue weighted by atomic mass is 35.5. The minimum Gasteiger partial charge on any atom is -0.450 e. The van der Waals surface area contributed by atoms with Crippen LogP contribution in [0.3, 0.4) is 0 Å². The van der Waals surface area contributed by atoms with Crippen LogP contribution in [0.1, 0.15) is 31.7 Å². The van der Waals surface area contributed by atoms with Crippen LogP contribution in [-0.2, 0) is 16.0 Å². The molecule has 0 aromatic heterocycles. The third-order valence-electron chi connectivity index (χ3n) is 3.97. The Morgan fingerprint density at radius 1 is 1.30 bits per heavy atom. The van der Waals surface area contributed by atoms with Crippen molar-refractivity contribution >= 4 is 23.6 Å². The normalized spacial score (nSPS) is 15.3. The van der Waals surface area contributed by atoms with E-state index in [2.05, 4.69) is 5.32 Å². The highest BCUT2D eigenvalue weighted by molar-refractivity contribution is 6.31. The minimum atomic E-state index is -0.268. The molecule has 23 heavy (non-hydrogen) atoms. The molecule has 0 spiro atoms. The number of hydrogen-bond donors (Lipinski definition) is 1. The molecule has 1 fully saturated rings. The molecule has 126 valence electrons. The zero-order chi connectivity index (χ0) is 16.7. The zero-order valence-electron chi connectivity index (χ0n) is 13.4. The summed E-state index contributed by atoms with van der Waals surface area (Å²) in [6.07, 6.45) is 2.30. The van der Waals surface area contributed by atoms with Gasteiger partial charge in [-0.05, 0) is 37.8 Å². The van der Waals surface area contributed by atoms with Gasteiger partial charge in [-0.1, -0.05) is 29.8 Å². The quantitative estimate of drug-likeness (QED) is 0.897. The van der Waals surface area contributed by atoms with Gasteiger partial charge in [0.1, 0.15) is 0 Å². The molecule has 2 rings (SSSR count). The second-order valence-electron chi connectivity index (χ2n) is 5.62. The van der Waals surface area contributed by atoms with Gasteiger partial charge in [0.15, 0.2) is 0 Å². The first kappa shape index (κ1) is 17.6. The van der Waals surface area contributed by atoms with Crippen LogP contribution in [0.4, 0.5) is 4.79 Å². The van der Waals surface area contributed by atoms with Crippen LogP contribution in [0, 0.1) is 0 Å². The van der Waals surface area contributed by atoms with Crippen LogP contribution in [0.5, 0.6) is 0 Å². The Morgan fingerprint density at radius 2 is 2.00 bits per heavy atom. The fraction of sp³-hybridized carbons (Fsp3) is 0.529. The SMILES string of the molecule is CCOC(=O)N1CCC(NC(=O)CCc2ccccc2Cl)CC1. The number of rotatable bonds is 5. The second kappa shape index (κ2) is 8.77. The molecule has 1 aliphatic rings. The molecule has 6 heteroatoms. The van der Waals surface area contributed by atoms with E-state index in [1.165, 1.54) is 0 Å². The van der Waals surface area contributed by atoms with Gasteiger partial charge in [-0.3, -0.25) is 4.79 Å². The van der Waals surface area contributed by atoms with Crippen molar-refractivity contribution in [2.24, 2.45) is 0 Å². The van der Waals surface area contributed by atoms with E-state index in [0.717, 1.165) is 18.4 Å². The van der Waals surface area contributed by atoms with Crippen molar-refractivity contribution < 1.29 is 14.3 Å². The molecule has 1 aromatic carbocycles. The maximum absolute atomic E-state index is 12.1. The minimum absolute atomic E-state index is 0.0273. The van der Waals surface area contributed by atoms with Gasteiger partial charge >= 0.3 is 6.09 Å². The van der Waals surface area contributed by atoms with Gasteiger partial charge < -0.3 is 15.0 Å². The summed E-state index contributed by atoms with van der Waals surface area (Å²) in [6.45, 7) is 3.42. The third kappa shape index (κ3) is 5.43. The lowest BCUT2D eigenvalue weighted by atomic mass is 10.0. The van der Waals surface area contributed by atoms with E-state index in [9.17, 15) is 9.59 Å². The number of carbonyl (C=O) groups excluding carboxylic acids is 2. The van der Waals surface area contributed by atoms with E-state index in [0.29, 0.717) is 37.6 Å². The van der Waals surface area contributed by atoms with E-state index >= 15 is 0 Å². The van der Waals surface area contributed by atoms with Crippen LogP contribution in [-0.4, -0.2) is 42.6 Å². The van der Waals surface area contributed by atoms with Crippen molar-refractivity contribution in [1.29, 1.82) is 0 Å². The molecule has 0 bridgehead atoms. The number of piperidine rings is 1. The smallest absolute Gasteiger partial charge is 0.409 e. The van der Waals surface area contributed by atoms with Gasteiger partial charge in [-0.25, -0.2) is 4.79 Å². The number of nitrogens with one attached hydrogen (secondary N) is 1. The maximum Gasteiger partial charge on any atom is 0.409 e. The van der Waals surface area contributed by atoms with Gasteiger partial charge in [-0.2, -0.15) is 0 Å². The lowest BCUT2D eigenvalue weighted by Crippen LogP contribution is -2.46. The lowest BCUT2D eigenvalue weighted by Gasteiger charge is -2.31. The average molecular weight is 339 g/mol. The number of benzene rings is 1. The monoisotopic (exact) mass is 338 g/mol. The summed E-state index contributed by atoms with van der Waals surface area (Å²) in [5.41, 5.74) is 0.987. The molecule has 0 saturated carbocycles. The van der Waals surface area contributed by atoms with E-state index < -0.39 is 0 Å². The molecule has 1 aromatic rings. The van der Waals surface area contributed by atoms with Gasteiger partial charge in [0.05, 0.1) is 6.61 Å². The summed E-state index contributed by atoms with van der Waals surface area (Å²) in [4.78, 5) is 25.4. The Labute approximate surface area is 141 Å². The molecule has 1 N–H and O–H groups in total. The molecule has 0 unspecified atom stereocenters. The number of amides is 2. The Kier molecular flexibility index (Phi) is 6.71. The molecule has 1 saturated heterocycles. The number of hydrogen-bond acceptors (Lipinski definition) is 3. The van der Waals surface area contributed by atoms with E-state index in [4.69, 9.17) is 16.3 Å². The van der Waals surface area contributed by atoms with E-state index in [-0.39, 0.29) is 18.0 Å². The van der Waals surface area contributed by atoms with Crippen LogP contribution in [0.25, 0.3) is 0 Å². The molecule has 1 aliphatic heterocycles. The van der Waals surface area contributed by atoms with Gasteiger partial charge in [-0.15, -0.1) is 0 Å². The van der Waals surface area contributed by atoms with Crippen LogP contribution >= 0.6 is 11.6 Å². The number of aryl methyl sites for hydroxylation is 1. The number of ether oxygens (including phenoxy) is 1. The summed E-state index contributed by atoms with van der Waals surface area (Å²) in [7, 11) is 0. The molecule has 0 radical (unpaired) electrons. The standard InChI is InChI=1S/C17H23ClN2O3/c1-2-23-17(22)20-11-9-14(10-12-20)19-16(21)8-7-13-5-3-4-6-15(13)18/h3-6,14H,2,7-12H2,1H3,(H,19,21). The highest BCUT2D eigenvalue weighted by Gasteiger charge is 2.24. The molecule has 0 aliphatic carbocycles. The predicted octanol–water partition coefficient (Wildman–Crippen LogP) is 3.01. The van der Waals surface area contributed by atoms with Crippen LogP contribution in [0.15, 0.2) is 24.3 Å². The Hall–Kier alpha value is -1.75. The highest BCUT2D eigenvalue weighted by Crippen LogP contribution is 2.17. The Balaban J connectivity index is 1.71. The first-order chi connectivity index (χ1) is 11.1. The Morgan fingerprint density at radius 3 is 2.65 bits per heavy atom. The van der Waals surface area contributed by atoms with Crippen molar-refractivity contribution in [2.75, 3.05) is 19.7 Å². The summed E-state index contributed by atoms with van der Waals surface area (Å²) in [6, 6.07) is 7.69. The summed E-state index contributed by atoms with van der Waals surface area (Å²) >= 11 is 6.09. The maximum atomic E-state index is 12.1. The van der Waals surface area contributed by atoms with Gasteiger partial charge in [0.2, 0.25) is 5.91 Å². The van der Waals surface area contributed by atoms with Crippen molar-refractivity contribution in [2.45, 2.75) is 38.6 Å². The zero-order valence-corrected chi connectivity index (χ0v) is 14.1. The molecular weight excluding hydrogens is 316 g/mol. The van der Waals surface area contributed by atoms with E-state index in [1.807, 2.05) is 24.3 Å². The average Bonchev–Trinajstić information content (AvgIpc) is 2.55. The Bertz CT molecular complexity index is 542. The molecule has 5 nitrogen and oxygen atoms in total. The van der Waals surface area contributed by atoms with Crippen LogP contribution < -0.4 is 5.32 Å². The number of carbonyl (C=O) groups is 2. The number of halogens is 1. The van der Waals surface area contributed by atoms with Gasteiger partial charge in [0.25, 0.3) is 0 Å². The lowest BCUT2D eigenvalue weighted by molar-refractivity contribution is -0.122. The predicted molar refractivity (Wildman–Crippen MR) is 89.5 cm³/mol. The van der Waals surface area contributed by atoms with Crippen LogP contribution in [0.2, 0.25) is 5.02 Å². The number of nitrogens with zero attached hydrogens (tertiary/aromatic N) is 1. The van der Waals surface area contributed by atoms with Crippen molar-refractivity contribution in [3.8, 4) is 0 Å². The fourth-order valence-electron chi connectivity index (χ4n) is 2.67. The third-order valence-corrected chi connectivity index (χ3v) is 4.33. The first-order valence-corrected chi connectivity index (χ1v) is 8.42. The fourth-order valence-corrected chi connectivity index (χ4v) is 2.90. The van der Waals surface area contributed by atoms with Gasteiger partial charge in [0, 0.05) is 30.6 Å². The van der Waals surface area contributed by atoms with Crippen molar-refractivity contribution in [1.82, 2.24) is 10.2 Å². The second-order valence-corrected chi connectivity index (χ2v) is 6.03. The van der Waals surface area contributed by atoms with E-state index in [1.54, 1.807) is 11.8 Å². The summed E-state index contributed by atoms with van der Waals surface area (Å²) in [5, 5.41) is 3.74. The molecule has 2 amide bonds.